The summed E-state index contributed by atoms with van der Waals surface area (Å²) < 4.78 is 0. The van der Waals surface area contributed by atoms with Gasteiger partial charge in [0.05, 0.1) is 0 Å². The number of piperidine rings is 1. The number of aryl methyl sites for hydroxylation is 1. The second kappa shape index (κ2) is 6.85. The third-order valence-electron chi connectivity index (χ3n) is 6.83. The zero-order valence-electron chi connectivity index (χ0n) is 16.8. The van der Waals surface area contributed by atoms with Gasteiger partial charge < -0.3 is 0 Å². The average Bonchev–Trinajstić information content (AvgIpc) is 2.84. The molecule has 0 aliphatic carbocycles. The molecule has 2 heterocycles. The molecule has 2 aliphatic heterocycles. The van der Waals surface area contributed by atoms with Gasteiger partial charge in [-0.2, -0.15) is 0 Å². The Hall–Kier alpha value is -1.60. The number of fused-ring (bicyclic) bond motifs is 2. The van der Waals surface area contributed by atoms with Gasteiger partial charge in [-0.1, -0.05) is 74.9 Å². The third-order valence-corrected chi connectivity index (χ3v) is 6.83. The van der Waals surface area contributed by atoms with Gasteiger partial charge in [0.1, 0.15) is 0 Å². The van der Waals surface area contributed by atoms with E-state index in [1.165, 1.54) is 47.9 Å². The highest BCUT2D eigenvalue weighted by atomic mass is 15.3. The van der Waals surface area contributed by atoms with Gasteiger partial charge in [-0.05, 0) is 61.1 Å². The van der Waals surface area contributed by atoms with Crippen LogP contribution in [0.5, 0.6) is 0 Å². The molecule has 0 N–H and O–H groups in total. The van der Waals surface area contributed by atoms with E-state index in [1.54, 1.807) is 0 Å². The molecule has 26 heavy (non-hydrogen) atoms. The number of rotatable bonds is 4. The highest BCUT2D eigenvalue weighted by Crippen LogP contribution is 2.53. The minimum absolute atomic E-state index is 0.243. The predicted molar refractivity (Wildman–Crippen MR) is 110 cm³/mol. The Balaban J connectivity index is 1.65. The molecule has 0 spiro atoms. The van der Waals surface area contributed by atoms with E-state index in [0.29, 0.717) is 5.92 Å². The number of hydrogen-bond donors (Lipinski definition) is 0. The molecular formula is C25H33N. The van der Waals surface area contributed by atoms with Crippen LogP contribution in [0.2, 0.25) is 0 Å². The summed E-state index contributed by atoms with van der Waals surface area (Å²) >= 11 is 0. The van der Waals surface area contributed by atoms with Crippen molar-refractivity contribution in [3.05, 3.63) is 70.8 Å². The monoisotopic (exact) mass is 347 g/mol. The van der Waals surface area contributed by atoms with Crippen LogP contribution in [0.15, 0.2) is 48.5 Å². The fourth-order valence-corrected chi connectivity index (χ4v) is 5.42. The standard InChI is InChI=1S/C25H33N/c1-18(2)22-9-7-21(8-10-22)17-26-24-13-14-25(26,16-20(4)15-24)23-11-5-19(3)6-12-23/h5-12,18,20,24H,13-17H2,1-4H3/t20?,24-,25+/m1/s1. The van der Waals surface area contributed by atoms with Crippen LogP contribution in [0.25, 0.3) is 0 Å². The van der Waals surface area contributed by atoms with Crippen LogP contribution in [0.1, 0.15) is 74.6 Å². The molecule has 2 aromatic rings. The van der Waals surface area contributed by atoms with E-state index in [2.05, 4.69) is 81.1 Å². The first-order valence-electron chi connectivity index (χ1n) is 10.4. The van der Waals surface area contributed by atoms with E-state index in [-0.39, 0.29) is 5.54 Å². The van der Waals surface area contributed by atoms with Gasteiger partial charge in [0.2, 0.25) is 0 Å². The Morgan fingerprint density at radius 2 is 1.73 bits per heavy atom. The maximum Gasteiger partial charge on any atom is 0.0470 e. The summed E-state index contributed by atoms with van der Waals surface area (Å²) in [5.74, 6) is 1.43. The fraction of sp³-hybridized carbons (Fsp3) is 0.520. The van der Waals surface area contributed by atoms with E-state index in [1.807, 2.05) is 0 Å². The molecule has 1 heteroatoms. The number of nitrogens with zero attached hydrogens (tertiary/aromatic N) is 1. The van der Waals surface area contributed by atoms with Crippen molar-refractivity contribution in [2.45, 2.75) is 77.4 Å². The summed E-state index contributed by atoms with van der Waals surface area (Å²) in [6, 6.07) is 19.5. The summed E-state index contributed by atoms with van der Waals surface area (Å²) in [5.41, 5.74) is 6.05. The molecular weight excluding hydrogens is 314 g/mol. The zero-order valence-corrected chi connectivity index (χ0v) is 16.8. The van der Waals surface area contributed by atoms with Gasteiger partial charge in [0.15, 0.2) is 0 Å². The molecule has 2 aromatic carbocycles. The van der Waals surface area contributed by atoms with E-state index in [9.17, 15) is 0 Å². The van der Waals surface area contributed by atoms with Crippen molar-refractivity contribution in [1.82, 2.24) is 4.90 Å². The van der Waals surface area contributed by atoms with Gasteiger partial charge >= 0.3 is 0 Å². The zero-order chi connectivity index (χ0) is 18.3. The largest absolute Gasteiger partial charge is 0.286 e. The van der Waals surface area contributed by atoms with Gasteiger partial charge in [-0.3, -0.25) is 4.90 Å². The van der Waals surface area contributed by atoms with Crippen molar-refractivity contribution in [3.8, 4) is 0 Å². The average molecular weight is 348 g/mol. The lowest BCUT2D eigenvalue weighted by Crippen LogP contribution is -2.49. The first kappa shape index (κ1) is 17.8. The molecule has 138 valence electrons. The molecule has 0 aromatic heterocycles. The molecule has 2 fully saturated rings. The van der Waals surface area contributed by atoms with Crippen molar-refractivity contribution in [2.75, 3.05) is 0 Å². The van der Waals surface area contributed by atoms with Crippen LogP contribution in [0, 0.1) is 12.8 Å². The Morgan fingerprint density at radius 1 is 1.04 bits per heavy atom. The maximum atomic E-state index is 2.85. The van der Waals surface area contributed by atoms with Gasteiger partial charge in [0.25, 0.3) is 0 Å². The van der Waals surface area contributed by atoms with Crippen molar-refractivity contribution >= 4 is 0 Å². The lowest BCUT2D eigenvalue weighted by molar-refractivity contribution is 0.0183. The molecule has 3 atom stereocenters. The lowest BCUT2D eigenvalue weighted by Gasteiger charge is -2.48. The minimum Gasteiger partial charge on any atom is -0.286 e. The molecule has 1 nitrogen and oxygen atoms in total. The molecule has 0 saturated carbocycles. The summed E-state index contributed by atoms with van der Waals surface area (Å²) in [6.07, 6.45) is 5.33. The summed E-state index contributed by atoms with van der Waals surface area (Å²) in [6.45, 7) is 10.3. The molecule has 2 aliphatic rings. The van der Waals surface area contributed by atoms with Gasteiger partial charge in [-0.25, -0.2) is 0 Å². The van der Waals surface area contributed by atoms with E-state index in [4.69, 9.17) is 0 Å². The molecule has 1 unspecified atom stereocenters. The maximum absolute atomic E-state index is 2.85. The topological polar surface area (TPSA) is 3.24 Å². The van der Waals surface area contributed by atoms with Crippen LogP contribution >= 0.6 is 0 Å². The second-order valence-electron chi connectivity index (χ2n) is 9.16. The lowest BCUT2D eigenvalue weighted by atomic mass is 9.77. The number of hydrogen-bond acceptors (Lipinski definition) is 1. The van der Waals surface area contributed by atoms with Gasteiger partial charge in [0, 0.05) is 18.1 Å². The van der Waals surface area contributed by atoms with Crippen molar-refractivity contribution in [3.63, 3.8) is 0 Å². The predicted octanol–water partition coefficient (Wildman–Crippen LogP) is 6.41. The minimum atomic E-state index is 0.243. The first-order chi connectivity index (χ1) is 12.5. The molecule has 4 rings (SSSR count). The van der Waals surface area contributed by atoms with Crippen LogP contribution < -0.4 is 0 Å². The van der Waals surface area contributed by atoms with Crippen LogP contribution in [-0.4, -0.2) is 10.9 Å². The Bertz CT molecular complexity index is 743. The first-order valence-corrected chi connectivity index (χ1v) is 10.4. The summed E-state index contributed by atoms with van der Waals surface area (Å²) in [4.78, 5) is 2.85. The Labute approximate surface area is 159 Å². The normalized spacial score (nSPS) is 28.7. The molecule has 0 amide bonds. The van der Waals surface area contributed by atoms with Crippen molar-refractivity contribution in [2.24, 2.45) is 5.92 Å². The summed E-state index contributed by atoms with van der Waals surface area (Å²) in [5, 5.41) is 0. The quantitative estimate of drug-likeness (QED) is 0.618. The number of benzene rings is 2. The van der Waals surface area contributed by atoms with E-state index < -0.39 is 0 Å². The second-order valence-corrected chi connectivity index (χ2v) is 9.16. The van der Waals surface area contributed by atoms with Crippen molar-refractivity contribution < 1.29 is 0 Å². The Kier molecular flexibility index (Phi) is 4.69. The van der Waals surface area contributed by atoms with Crippen LogP contribution in [-0.2, 0) is 12.1 Å². The highest BCUT2D eigenvalue weighted by Gasteiger charge is 2.51. The van der Waals surface area contributed by atoms with Crippen molar-refractivity contribution in [1.29, 1.82) is 0 Å². The highest BCUT2D eigenvalue weighted by molar-refractivity contribution is 5.32. The smallest absolute Gasteiger partial charge is 0.0470 e. The van der Waals surface area contributed by atoms with Crippen LogP contribution in [0.4, 0.5) is 0 Å². The van der Waals surface area contributed by atoms with E-state index >= 15 is 0 Å². The van der Waals surface area contributed by atoms with E-state index in [0.717, 1.165) is 18.5 Å². The molecule has 2 bridgehead atoms. The third kappa shape index (κ3) is 3.11. The molecule has 2 saturated heterocycles. The van der Waals surface area contributed by atoms with Crippen LogP contribution in [0.3, 0.4) is 0 Å². The molecule has 0 radical (unpaired) electrons. The Morgan fingerprint density at radius 3 is 2.38 bits per heavy atom. The SMILES string of the molecule is Cc1ccc([C@]23CC[C@H](CC(C)C2)N3Cc2ccc(C(C)C)cc2)cc1. The van der Waals surface area contributed by atoms with Gasteiger partial charge in [-0.15, -0.1) is 0 Å². The fourth-order valence-electron chi connectivity index (χ4n) is 5.42. The summed E-state index contributed by atoms with van der Waals surface area (Å²) in [7, 11) is 0.